The summed E-state index contributed by atoms with van der Waals surface area (Å²) in [5, 5.41) is 3.37. The minimum absolute atomic E-state index is 0.275. The van der Waals surface area contributed by atoms with E-state index in [1.807, 2.05) is 12.1 Å². The van der Waals surface area contributed by atoms with E-state index < -0.39 is 0 Å². The Kier molecular flexibility index (Phi) is 4.91. The van der Waals surface area contributed by atoms with Crippen LogP contribution >= 0.6 is 11.6 Å². The minimum atomic E-state index is -0.353. The molecule has 0 aliphatic heterocycles. The molecule has 0 aromatic heterocycles. The second-order valence-corrected chi connectivity index (χ2v) is 4.64. The number of amides is 1. The van der Waals surface area contributed by atoms with Crippen molar-refractivity contribution in [3.05, 3.63) is 76.6 Å². The summed E-state index contributed by atoms with van der Waals surface area (Å²) < 4.78 is 13.3. The minimum Gasteiger partial charge on any atom is -0.348 e. The first-order valence-corrected chi connectivity index (χ1v) is 6.48. The van der Waals surface area contributed by atoms with Gasteiger partial charge in [-0.1, -0.05) is 41.9 Å². The van der Waals surface area contributed by atoms with E-state index >= 15 is 0 Å². The second-order valence-electron chi connectivity index (χ2n) is 4.20. The van der Waals surface area contributed by atoms with Crippen molar-refractivity contribution >= 4 is 23.6 Å². The third kappa shape index (κ3) is 4.21. The molecule has 0 bridgehead atoms. The zero-order valence-corrected chi connectivity index (χ0v) is 11.4. The molecule has 0 heterocycles. The summed E-state index contributed by atoms with van der Waals surface area (Å²) in [6.45, 7) is 0.400. The van der Waals surface area contributed by atoms with Crippen molar-refractivity contribution in [2.24, 2.45) is 0 Å². The van der Waals surface area contributed by atoms with Crippen LogP contribution in [0.5, 0.6) is 0 Å². The van der Waals surface area contributed by atoms with E-state index in [9.17, 15) is 9.18 Å². The number of carbonyl (C=O) groups is 1. The number of halogens is 2. The van der Waals surface area contributed by atoms with Gasteiger partial charge in [0.25, 0.3) is 0 Å². The molecule has 0 aliphatic carbocycles. The maximum atomic E-state index is 13.3. The van der Waals surface area contributed by atoms with Gasteiger partial charge >= 0.3 is 0 Å². The van der Waals surface area contributed by atoms with Crippen molar-refractivity contribution in [2.75, 3.05) is 0 Å². The highest BCUT2D eigenvalue weighted by atomic mass is 35.5. The Balaban J connectivity index is 1.90. The highest BCUT2D eigenvalue weighted by Crippen LogP contribution is 2.10. The average molecular weight is 290 g/mol. The van der Waals surface area contributed by atoms with Crippen LogP contribution in [0.4, 0.5) is 4.39 Å². The van der Waals surface area contributed by atoms with Crippen LogP contribution in [0.1, 0.15) is 11.1 Å². The third-order valence-corrected chi connectivity index (χ3v) is 2.95. The summed E-state index contributed by atoms with van der Waals surface area (Å²) in [6.07, 6.45) is 2.76. The Morgan fingerprint density at radius 1 is 1.15 bits per heavy atom. The highest BCUT2D eigenvalue weighted by Gasteiger charge is 1.99. The molecule has 2 aromatic carbocycles. The van der Waals surface area contributed by atoms with Crippen molar-refractivity contribution in [3.8, 4) is 0 Å². The second kappa shape index (κ2) is 6.87. The standard InChI is InChI=1S/C16H13ClFNO/c17-14-8-5-12(6-9-14)11-19-16(20)10-7-13-3-1-2-4-15(13)18/h1-10H,11H2,(H,19,20)/b10-7+. The smallest absolute Gasteiger partial charge is 0.244 e. The van der Waals surface area contributed by atoms with Crippen molar-refractivity contribution < 1.29 is 9.18 Å². The molecule has 20 heavy (non-hydrogen) atoms. The summed E-state index contributed by atoms with van der Waals surface area (Å²) in [7, 11) is 0. The Morgan fingerprint density at radius 3 is 2.55 bits per heavy atom. The predicted molar refractivity (Wildman–Crippen MR) is 78.7 cm³/mol. The Hall–Kier alpha value is -2.13. The lowest BCUT2D eigenvalue weighted by molar-refractivity contribution is -0.116. The molecule has 2 aromatic rings. The Labute approximate surface area is 121 Å². The Morgan fingerprint density at radius 2 is 1.85 bits per heavy atom. The van der Waals surface area contributed by atoms with Gasteiger partial charge in [0.2, 0.25) is 5.91 Å². The lowest BCUT2D eigenvalue weighted by Crippen LogP contribution is -2.20. The van der Waals surface area contributed by atoms with Gasteiger partial charge in [-0.3, -0.25) is 4.79 Å². The normalized spacial score (nSPS) is 10.7. The number of nitrogens with one attached hydrogen (secondary N) is 1. The van der Waals surface area contributed by atoms with Crippen LogP contribution in [-0.4, -0.2) is 5.91 Å². The van der Waals surface area contributed by atoms with Crippen LogP contribution in [0.3, 0.4) is 0 Å². The van der Waals surface area contributed by atoms with Gasteiger partial charge in [0.05, 0.1) is 0 Å². The summed E-state index contributed by atoms with van der Waals surface area (Å²) in [5.74, 6) is -0.627. The molecule has 2 rings (SSSR count). The van der Waals surface area contributed by atoms with Gasteiger partial charge in [-0.2, -0.15) is 0 Å². The lowest BCUT2D eigenvalue weighted by atomic mass is 10.2. The zero-order chi connectivity index (χ0) is 14.4. The summed E-state index contributed by atoms with van der Waals surface area (Å²) >= 11 is 5.77. The van der Waals surface area contributed by atoms with E-state index in [1.165, 1.54) is 18.2 Å². The molecule has 1 amide bonds. The number of rotatable bonds is 4. The van der Waals surface area contributed by atoms with Crippen LogP contribution in [-0.2, 0) is 11.3 Å². The molecule has 2 nitrogen and oxygen atoms in total. The molecule has 4 heteroatoms. The Bertz CT molecular complexity index is 623. The number of benzene rings is 2. The predicted octanol–water partition coefficient (Wildman–Crippen LogP) is 3.81. The van der Waals surface area contributed by atoms with E-state index in [4.69, 9.17) is 11.6 Å². The molecule has 0 saturated carbocycles. The molecule has 0 spiro atoms. The van der Waals surface area contributed by atoms with Gasteiger partial charge < -0.3 is 5.32 Å². The quantitative estimate of drug-likeness (QED) is 0.852. The summed E-state index contributed by atoms with van der Waals surface area (Å²) in [4.78, 5) is 11.6. The van der Waals surface area contributed by atoms with Gasteiger partial charge in [-0.25, -0.2) is 4.39 Å². The average Bonchev–Trinajstić information content (AvgIpc) is 2.46. The number of hydrogen-bond donors (Lipinski definition) is 1. The summed E-state index contributed by atoms with van der Waals surface area (Å²) in [5.41, 5.74) is 1.33. The fourth-order valence-electron chi connectivity index (χ4n) is 1.63. The topological polar surface area (TPSA) is 29.1 Å². The monoisotopic (exact) mass is 289 g/mol. The first-order valence-electron chi connectivity index (χ1n) is 6.10. The van der Waals surface area contributed by atoms with Crippen molar-refractivity contribution in [1.82, 2.24) is 5.32 Å². The maximum absolute atomic E-state index is 13.3. The third-order valence-electron chi connectivity index (χ3n) is 2.70. The van der Waals surface area contributed by atoms with E-state index in [1.54, 1.807) is 30.3 Å². The first kappa shape index (κ1) is 14.3. The number of hydrogen-bond acceptors (Lipinski definition) is 1. The van der Waals surface area contributed by atoms with E-state index in [2.05, 4.69) is 5.32 Å². The van der Waals surface area contributed by atoms with Crippen LogP contribution < -0.4 is 5.32 Å². The van der Waals surface area contributed by atoms with Crippen LogP contribution in [0.2, 0.25) is 5.02 Å². The maximum Gasteiger partial charge on any atom is 0.244 e. The molecule has 0 aliphatic rings. The van der Waals surface area contributed by atoms with E-state index in [-0.39, 0.29) is 11.7 Å². The molecule has 0 radical (unpaired) electrons. The van der Waals surface area contributed by atoms with Crippen LogP contribution in [0.25, 0.3) is 6.08 Å². The van der Waals surface area contributed by atoms with Gasteiger partial charge in [-0.15, -0.1) is 0 Å². The molecule has 0 atom stereocenters. The van der Waals surface area contributed by atoms with Crippen LogP contribution in [0.15, 0.2) is 54.6 Å². The molecule has 1 N–H and O–H groups in total. The van der Waals surface area contributed by atoms with Gasteiger partial charge in [-0.05, 0) is 29.8 Å². The molecular formula is C16H13ClFNO. The lowest BCUT2D eigenvalue weighted by Gasteiger charge is -2.02. The fraction of sp³-hybridized carbons (Fsp3) is 0.0625. The molecule has 0 saturated heterocycles. The fourth-order valence-corrected chi connectivity index (χ4v) is 1.75. The SMILES string of the molecule is O=C(/C=C/c1ccccc1F)NCc1ccc(Cl)cc1. The van der Waals surface area contributed by atoms with Crippen molar-refractivity contribution in [2.45, 2.75) is 6.54 Å². The van der Waals surface area contributed by atoms with Gasteiger partial charge in [0, 0.05) is 23.2 Å². The first-order chi connectivity index (χ1) is 9.65. The van der Waals surface area contributed by atoms with Gasteiger partial charge in [0.15, 0.2) is 0 Å². The van der Waals surface area contributed by atoms with Crippen molar-refractivity contribution in [3.63, 3.8) is 0 Å². The van der Waals surface area contributed by atoms with Crippen LogP contribution in [0, 0.1) is 5.82 Å². The van der Waals surface area contributed by atoms with Gasteiger partial charge in [0.1, 0.15) is 5.82 Å². The van der Waals surface area contributed by atoms with E-state index in [0.29, 0.717) is 17.1 Å². The summed E-state index contributed by atoms with van der Waals surface area (Å²) in [6, 6.07) is 13.5. The largest absolute Gasteiger partial charge is 0.348 e. The molecular weight excluding hydrogens is 277 g/mol. The number of carbonyl (C=O) groups excluding carboxylic acids is 1. The van der Waals surface area contributed by atoms with E-state index in [0.717, 1.165) is 5.56 Å². The molecule has 0 unspecified atom stereocenters. The molecule has 102 valence electrons. The highest BCUT2D eigenvalue weighted by molar-refractivity contribution is 6.30. The zero-order valence-electron chi connectivity index (χ0n) is 10.6. The molecule has 0 fully saturated rings. The van der Waals surface area contributed by atoms with Crippen molar-refractivity contribution in [1.29, 1.82) is 0 Å².